The molecule has 0 aliphatic carbocycles. The monoisotopic (exact) mass is 629 g/mol. The maximum atomic E-state index is 2.47. The molecular formula is C46H31NS. The van der Waals surface area contributed by atoms with E-state index in [4.69, 9.17) is 0 Å². The molecule has 0 fully saturated rings. The Balaban J connectivity index is 1.33. The molecule has 0 aliphatic rings. The molecule has 0 bridgehead atoms. The molecule has 48 heavy (non-hydrogen) atoms. The minimum Gasteiger partial charge on any atom is -0.309 e. The summed E-state index contributed by atoms with van der Waals surface area (Å²) in [5.41, 5.74) is 10.5. The highest BCUT2D eigenvalue weighted by Crippen LogP contribution is 2.47. The normalized spacial score (nSPS) is 11.3. The predicted octanol–water partition coefficient (Wildman–Crippen LogP) is 13.7. The van der Waals surface area contributed by atoms with Gasteiger partial charge in [0.1, 0.15) is 0 Å². The van der Waals surface area contributed by atoms with E-state index < -0.39 is 0 Å². The molecule has 0 saturated heterocycles. The summed E-state index contributed by atoms with van der Waals surface area (Å²) < 4.78 is 2.59. The van der Waals surface area contributed by atoms with Crippen molar-refractivity contribution < 1.29 is 0 Å². The first-order valence-corrected chi connectivity index (χ1v) is 17.2. The van der Waals surface area contributed by atoms with Gasteiger partial charge in [0.05, 0.1) is 11.4 Å². The van der Waals surface area contributed by atoms with Crippen molar-refractivity contribution in [1.82, 2.24) is 0 Å². The number of hydrogen-bond donors (Lipinski definition) is 0. The molecule has 1 heterocycles. The third-order valence-corrected chi connectivity index (χ3v) is 10.4. The lowest BCUT2D eigenvalue weighted by Gasteiger charge is -2.30. The van der Waals surface area contributed by atoms with Gasteiger partial charge in [-0.1, -0.05) is 152 Å². The van der Waals surface area contributed by atoms with E-state index in [0.717, 1.165) is 17.1 Å². The highest BCUT2D eigenvalue weighted by Gasteiger charge is 2.22. The number of anilines is 3. The highest BCUT2D eigenvalue weighted by atomic mass is 32.1. The minimum atomic E-state index is 1.13. The lowest BCUT2D eigenvalue weighted by Crippen LogP contribution is -2.12. The summed E-state index contributed by atoms with van der Waals surface area (Å²) >= 11 is 1.86. The standard InChI is InChI=1S/C46H31NS/c1-3-14-33(15-4-1)39-19-9-11-21-43(39)47(38-26-28-42-41-20-10-12-22-45(41)48-46(42)31-38)44-30-37(25-27-40(44)34-16-5-2-6-17-34)36-24-23-32-13-7-8-18-35(32)29-36/h1-31H. The summed E-state index contributed by atoms with van der Waals surface area (Å²) in [5.74, 6) is 0. The number of nitrogens with zero attached hydrogens (tertiary/aromatic N) is 1. The second-order valence-electron chi connectivity index (χ2n) is 12.2. The second kappa shape index (κ2) is 12.0. The first-order valence-electron chi connectivity index (χ1n) is 16.3. The Morgan fingerprint density at radius 1 is 0.333 bits per heavy atom. The summed E-state index contributed by atoms with van der Waals surface area (Å²) in [6.45, 7) is 0. The molecule has 0 atom stereocenters. The number of hydrogen-bond acceptors (Lipinski definition) is 2. The summed E-state index contributed by atoms with van der Waals surface area (Å²) in [6, 6.07) is 68.3. The molecule has 2 heteroatoms. The lowest BCUT2D eigenvalue weighted by molar-refractivity contribution is 1.29. The van der Waals surface area contributed by atoms with E-state index in [0.29, 0.717) is 0 Å². The van der Waals surface area contributed by atoms with Crippen LogP contribution < -0.4 is 4.90 Å². The number of thiophene rings is 1. The quantitative estimate of drug-likeness (QED) is 0.177. The fraction of sp³-hybridized carbons (Fsp3) is 0. The van der Waals surface area contributed by atoms with Gasteiger partial charge in [-0.15, -0.1) is 11.3 Å². The van der Waals surface area contributed by atoms with Gasteiger partial charge in [0, 0.05) is 37.0 Å². The molecule has 0 amide bonds. The maximum absolute atomic E-state index is 2.47. The summed E-state index contributed by atoms with van der Waals surface area (Å²) in [7, 11) is 0. The number of para-hydroxylation sites is 1. The number of rotatable bonds is 6. The number of benzene rings is 8. The Labute approximate surface area is 284 Å². The van der Waals surface area contributed by atoms with Crippen LogP contribution in [0, 0.1) is 0 Å². The zero-order valence-electron chi connectivity index (χ0n) is 26.3. The summed E-state index contributed by atoms with van der Waals surface area (Å²) in [5, 5.41) is 5.09. The van der Waals surface area contributed by atoms with Crippen LogP contribution in [-0.2, 0) is 0 Å². The first-order chi connectivity index (χ1) is 23.8. The van der Waals surface area contributed by atoms with Crippen LogP contribution in [0.3, 0.4) is 0 Å². The average molecular weight is 630 g/mol. The molecule has 9 rings (SSSR count). The molecule has 0 radical (unpaired) electrons. The molecule has 0 unspecified atom stereocenters. The van der Waals surface area contributed by atoms with Crippen LogP contribution in [-0.4, -0.2) is 0 Å². The zero-order chi connectivity index (χ0) is 31.9. The van der Waals surface area contributed by atoms with Crippen molar-refractivity contribution in [3.63, 3.8) is 0 Å². The van der Waals surface area contributed by atoms with Crippen molar-refractivity contribution in [3.8, 4) is 33.4 Å². The Kier molecular flexibility index (Phi) is 7.07. The fourth-order valence-corrected chi connectivity index (χ4v) is 8.06. The van der Waals surface area contributed by atoms with Gasteiger partial charge in [0.2, 0.25) is 0 Å². The summed E-state index contributed by atoms with van der Waals surface area (Å²) in [4.78, 5) is 2.47. The van der Waals surface area contributed by atoms with E-state index in [2.05, 4.69) is 193 Å². The molecule has 1 aromatic heterocycles. The van der Waals surface area contributed by atoms with Crippen LogP contribution in [0.5, 0.6) is 0 Å². The van der Waals surface area contributed by atoms with E-state index in [-0.39, 0.29) is 0 Å². The molecule has 0 aliphatic heterocycles. The summed E-state index contributed by atoms with van der Waals surface area (Å²) in [6.07, 6.45) is 0. The SMILES string of the molecule is c1ccc(-c2ccccc2N(c2ccc3c(c2)sc2ccccc23)c2cc(-c3ccc4ccccc4c3)ccc2-c2ccccc2)cc1. The largest absolute Gasteiger partial charge is 0.309 e. The smallest absolute Gasteiger partial charge is 0.0546 e. The molecule has 8 aromatic carbocycles. The Hall–Kier alpha value is -5.96. The van der Waals surface area contributed by atoms with Crippen molar-refractivity contribution in [3.05, 3.63) is 188 Å². The topological polar surface area (TPSA) is 3.24 Å². The Morgan fingerprint density at radius 2 is 0.938 bits per heavy atom. The van der Waals surface area contributed by atoms with Gasteiger partial charge in [0.15, 0.2) is 0 Å². The van der Waals surface area contributed by atoms with E-state index in [9.17, 15) is 0 Å². The van der Waals surface area contributed by atoms with Crippen LogP contribution >= 0.6 is 11.3 Å². The molecule has 0 N–H and O–H groups in total. The van der Waals surface area contributed by atoms with Gasteiger partial charge in [-0.25, -0.2) is 0 Å². The van der Waals surface area contributed by atoms with Crippen molar-refractivity contribution in [2.24, 2.45) is 0 Å². The Morgan fingerprint density at radius 3 is 1.75 bits per heavy atom. The van der Waals surface area contributed by atoms with Crippen molar-refractivity contribution in [2.45, 2.75) is 0 Å². The van der Waals surface area contributed by atoms with Crippen LogP contribution in [0.2, 0.25) is 0 Å². The molecular weight excluding hydrogens is 599 g/mol. The van der Waals surface area contributed by atoms with Crippen LogP contribution in [0.25, 0.3) is 64.3 Å². The average Bonchev–Trinajstić information content (AvgIpc) is 3.54. The van der Waals surface area contributed by atoms with Crippen LogP contribution in [0.4, 0.5) is 17.1 Å². The van der Waals surface area contributed by atoms with E-state index in [1.54, 1.807) is 0 Å². The molecule has 9 aromatic rings. The first kappa shape index (κ1) is 28.3. The lowest BCUT2D eigenvalue weighted by atomic mass is 9.94. The van der Waals surface area contributed by atoms with E-state index >= 15 is 0 Å². The second-order valence-corrected chi connectivity index (χ2v) is 13.2. The van der Waals surface area contributed by atoms with Crippen molar-refractivity contribution in [2.75, 3.05) is 4.90 Å². The van der Waals surface area contributed by atoms with E-state index in [1.807, 2.05) is 11.3 Å². The molecule has 226 valence electrons. The molecule has 0 saturated carbocycles. The van der Waals surface area contributed by atoms with Crippen molar-refractivity contribution >= 4 is 59.3 Å². The minimum absolute atomic E-state index is 1.13. The highest BCUT2D eigenvalue weighted by molar-refractivity contribution is 7.25. The Bertz CT molecular complexity index is 2560. The van der Waals surface area contributed by atoms with Gasteiger partial charge in [-0.05, 0) is 69.4 Å². The molecule has 0 spiro atoms. The van der Waals surface area contributed by atoms with Gasteiger partial charge in [-0.2, -0.15) is 0 Å². The third-order valence-electron chi connectivity index (χ3n) is 9.26. The third kappa shape index (κ3) is 5.04. The predicted molar refractivity (Wildman–Crippen MR) is 208 cm³/mol. The van der Waals surface area contributed by atoms with Gasteiger partial charge in [-0.3, -0.25) is 0 Å². The fourth-order valence-electron chi connectivity index (χ4n) is 6.92. The van der Waals surface area contributed by atoms with Crippen LogP contribution in [0.15, 0.2) is 188 Å². The number of fused-ring (bicyclic) bond motifs is 4. The van der Waals surface area contributed by atoms with Crippen LogP contribution in [0.1, 0.15) is 0 Å². The molecule has 1 nitrogen and oxygen atoms in total. The van der Waals surface area contributed by atoms with Gasteiger partial charge in [0.25, 0.3) is 0 Å². The van der Waals surface area contributed by atoms with Gasteiger partial charge >= 0.3 is 0 Å². The van der Waals surface area contributed by atoms with E-state index in [1.165, 1.54) is 64.3 Å². The zero-order valence-corrected chi connectivity index (χ0v) is 27.1. The van der Waals surface area contributed by atoms with Crippen molar-refractivity contribution in [1.29, 1.82) is 0 Å². The van der Waals surface area contributed by atoms with Gasteiger partial charge < -0.3 is 4.90 Å². The maximum Gasteiger partial charge on any atom is 0.0546 e.